The molecular formula is C52H33NS2. The minimum atomic E-state index is 1.12. The molecule has 0 saturated heterocycles. The van der Waals surface area contributed by atoms with Crippen molar-refractivity contribution in [3.8, 4) is 33.4 Å². The number of hydrogen-bond donors (Lipinski definition) is 0. The van der Waals surface area contributed by atoms with Gasteiger partial charge in [0.15, 0.2) is 0 Å². The van der Waals surface area contributed by atoms with Crippen LogP contribution in [0.3, 0.4) is 0 Å². The molecule has 0 aliphatic carbocycles. The number of rotatable bonds is 6. The van der Waals surface area contributed by atoms with Crippen LogP contribution in [0, 0.1) is 0 Å². The maximum atomic E-state index is 2.49. The maximum Gasteiger partial charge on any atom is 0.0640 e. The van der Waals surface area contributed by atoms with Gasteiger partial charge in [-0.2, -0.15) is 0 Å². The van der Waals surface area contributed by atoms with Crippen LogP contribution >= 0.6 is 22.7 Å². The van der Waals surface area contributed by atoms with Gasteiger partial charge < -0.3 is 4.90 Å². The van der Waals surface area contributed by atoms with Crippen LogP contribution in [0.5, 0.6) is 0 Å². The first-order valence-electron chi connectivity index (χ1n) is 18.7. The molecule has 9 aromatic carbocycles. The quantitative estimate of drug-likeness (QED) is 0.164. The molecular weight excluding hydrogens is 703 g/mol. The summed E-state index contributed by atoms with van der Waals surface area (Å²) in [5.74, 6) is 0. The molecule has 2 heterocycles. The van der Waals surface area contributed by atoms with E-state index in [0.717, 1.165) is 11.4 Å². The smallest absolute Gasteiger partial charge is 0.0640 e. The highest BCUT2D eigenvalue weighted by Gasteiger charge is 2.22. The predicted molar refractivity (Wildman–Crippen MR) is 241 cm³/mol. The third-order valence-electron chi connectivity index (χ3n) is 10.9. The van der Waals surface area contributed by atoms with E-state index in [4.69, 9.17) is 0 Å². The zero-order valence-corrected chi connectivity index (χ0v) is 31.4. The Morgan fingerprint density at radius 2 is 0.855 bits per heavy atom. The van der Waals surface area contributed by atoms with Crippen molar-refractivity contribution in [1.29, 1.82) is 0 Å². The highest BCUT2D eigenvalue weighted by atomic mass is 32.1. The first kappa shape index (κ1) is 32.0. The Labute approximate surface area is 327 Å². The molecule has 0 aliphatic heterocycles. The van der Waals surface area contributed by atoms with E-state index in [1.807, 2.05) is 22.7 Å². The van der Waals surface area contributed by atoms with E-state index in [0.29, 0.717) is 0 Å². The van der Waals surface area contributed by atoms with Gasteiger partial charge in [0.1, 0.15) is 0 Å². The monoisotopic (exact) mass is 735 g/mol. The molecule has 11 rings (SSSR count). The van der Waals surface area contributed by atoms with Crippen molar-refractivity contribution in [2.45, 2.75) is 0 Å². The second kappa shape index (κ2) is 13.1. The van der Waals surface area contributed by atoms with Gasteiger partial charge in [0.05, 0.1) is 16.1 Å². The number of fused-ring (bicyclic) bond motifs is 7. The lowest BCUT2D eigenvalue weighted by Crippen LogP contribution is -2.10. The molecule has 0 bridgehead atoms. The Bertz CT molecular complexity index is 3190. The zero-order valence-electron chi connectivity index (χ0n) is 29.8. The minimum Gasteiger partial charge on any atom is -0.308 e. The molecule has 0 radical (unpaired) electrons. The van der Waals surface area contributed by atoms with Crippen molar-refractivity contribution in [2.75, 3.05) is 4.90 Å². The highest BCUT2D eigenvalue weighted by Crippen LogP contribution is 2.49. The van der Waals surface area contributed by atoms with Gasteiger partial charge in [0.2, 0.25) is 0 Å². The van der Waals surface area contributed by atoms with Crippen molar-refractivity contribution < 1.29 is 0 Å². The van der Waals surface area contributed by atoms with Gasteiger partial charge in [-0.15, -0.1) is 22.7 Å². The first-order valence-corrected chi connectivity index (χ1v) is 20.3. The van der Waals surface area contributed by atoms with Crippen molar-refractivity contribution in [3.63, 3.8) is 0 Å². The molecule has 0 saturated carbocycles. The van der Waals surface area contributed by atoms with Gasteiger partial charge in [0.25, 0.3) is 0 Å². The van der Waals surface area contributed by atoms with Gasteiger partial charge in [-0.1, -0.05) is 164 Å². The van der Waals surface area contributed by atoms with Crippen LogP contribution in [0.1, 0.15) is 0 Å². The first-order chi connectivity index (χ1) is 27.3. The summed E-state index contributed by atoms with van der Waals surface area (Å²) in [6.45, 7) is 0. The molecule has 258 valence electrons. The van der Waals surface area contributed by atoms with Gasteiger partial charge in [0, 0.05) is 46.7 Å². The normalized spacial score (nSPS) is 11.6. The maximum absolute atomic E-state index is 2.49. The van der Waals surface area contributed by atoms with Gasteiger partial charge >= 0.3 is 0 Å². The van der Waals surface area contributed by atoms with Crippen molar-refractivity contribution in [1.82, 2.24) is 0 Å². The second-order valence-electron chi connectivity index (χ2n) is 14.0. The molecule has 0 atom stereocenters. The molecule has 0 fully saturated rings. The molecule has 0 unspecified atom stereocenters. The lowest BCUT2D eigenvalue weighted by molar-refractivity contribution is 1.32. The minimum absolute atomic E-state index is 1.12. The number of anilines is 3. The molecule has 0 aliphatic rings. The molecule has 11 aromatic rings. The van der Waals surface area contributed by atoms with Crippen molar-refractivity contribution >= 4 is 90.9 Å². The SMILES string of the molecule is c1ccc(-c2ccc(N(c3ccc(-c4cccc5sc6ccccc6c45)cc3)c3cccc4c3sc3c(-c5ccccc5)cccc34)c3ccccc23)cc1. The van der Waals surface area contributed by atoms with E-state index in [-0.39, 0.29) is 0 Å². The zero-order chi connectivity index (χ0) is 36.3. The summed E-state index contributed by atoms with van der Waals surface area (Å²) >= 11 is 3.76. The third kappa shape index (κ3) is 5.27. The fourth-order valence-electron chi connectivity index (χ4n) is 8.39. The van der Waals surface area contributed by atoms with Crippen LogP contribution < -0.4 is 4.90 Å². The van der Waals surface area contributed by atoms with Gasteiger partial charge in [-0.05, 0) is 75.2 Å². The number of benzene rings is 9. The van der Waals surface area contributed by atoms with Gasteiger partial charge in [-0.25, -0.2) is 0 Å². The average Bonchev–Trinajstić information content (AvgIpc) is 3.84. The molecule has 55 heavy (non-hydrogen) atoms. The standard InChI is InChI=1S/C52H33NS2/c1-3-14-34(15-4-1)38-32-33-46(42-19-8-7-18-41(38)42)53(37-30-28-36(29-31-37)39-21-13-27-49-50(39)45-20-9-10-26-48(45)54-49)47-25-12-24-44-43-23-11-22-40(51(43)55-52(44)47)35-16-5-2-6-17-35/h1-33H. The van der Waals surface area contributed by atoms with E-state index >= 15 is 0 Å². The van der Waals surface area contributed by atoms with Crippen LogP contribution in [-0.2, 0) is 0 Å². The van der Waals surface area contributed by atoms with Crippen LogP contribution in [0.4, 0.5) is 17.1 Å². The lowest BCUT2D eigenvalue weighted by Gasteiger charge is -2.28. The number of hydrogen-bond acceptors (Lipinski definition) is 3. The Hall–Kier alpha value is -6.52. The fraction of sp³-hybridized carbons (Fsp3) is 0. The molecule has 2 aromatic heterocycles. The number of nitrogens with zero attached hydrogens (tertiary/aromatic N) is 1. The predicted octanol–water partition coefficient (Wildman–Crippen LogP) is 16.0. The average molecular weight is 736 g/mol. The van der Waals surface area contributed by atoms with E-state index in [9.17, 15) is 0 Å². The third-order valence-corrected chi connectivity index (χ3v) is 13.3. The lowest BCUT2D eigenvalue weighted by atomic mass is 9.96. The Balaban J connectivity index is 1.15. The van der Waals surface area contributed by atoms with Crippen molar-refractivity contribution in [2.24, 2.45) is 0 Å². The van der Waals surface area contributed by atoms with Crippen LogP contribution in [0.2, 0.25) is 0 Å². The highest BCUT2D eigenvalue weighted by molar-refractivity contribution is 7.27. The summed E-state index contributed by atoms with van der Waals surface area (Å²) in [6.07, 6.45) is 0. The molecule has 0 amide bonds. The van der Waals surface area contributed by atoms with E-state index in [2.05, 4.69) is 205 Å². The van der Waals surface area contributed by atoms with Gasteiger partial charge in [-0.3, -0.25) is 0 Å². The Morgan fingerprint density at radius 1 is 0.291 bits per heavy atom. The summed E-state index contributed by atoms with van der Waals surface area (Å²) < 4.78 is 5.23. The summed E-state index contributed by atoms with van der Waals surface area (Å²) in [4.78, 5) is 2.49. The largest absolute Gasteiger partial charge is 0.308 e. The summed E-state index contributed by atoms with van der Waals surface area (Å²) in [5.41, 5.74) is 10.9. The molecule has 3 heteroatoms. The Morgan fingerprint density at radius 3 is 1.64 bits per heavy atom. The molecule has 1 nitrogen and oxygen atoms in total. The molecule has 0 N–H and O–H groups in total. The van der Waals surface area contributed by atoms with Crippen LogP contribution in [0.15, 0.2) is 200 Å². The van der Waals surface area contributed by atoms with E-state index in [1.165, 1.54) is 90.2 Å². The van der Waals surface area contributed by atoms with Crippen molar-refractivity contribution in [3.05, 3.63) is 200 Å². The van der Waals surface area contributed by atoms with E-state index in [1.54, 1.807) is 0 Å². The topological polar surface area (TPSA) is 3.24 Å². The summed E-state index contributed by atoms with van der Waals surface area (Å²) in [5, 5.41) is 7.67. The summed E-state index contributed by atoms with van der Waals surface area (Å²) in [6, 6.07) is 73.3. The summed E-state index contributed by atoms with van der Waals surface area (Å²) in [7, 11) is 0. The molecule has 0 spiro atoms. The second-order valence-corrected chi connectivity index (χ2v) is 16.1. The Kier molecular flexibility index (Phi) is 7.61. The number of thiophene rings is 2. The van der Waals surface area contributed by atoms with Crippen LogP contribution in [-0.4, -0.2) is 0 Å². The fourth-order valence-corrected chi connectivity index (χ4v) is 10.9. The van der Waals surface area contributed by atoms with E-state index < -0.39 is 0 Å². The van der Waals surface area contributed by atoms with Crippen LogP contribution in [0.25, 0.3) is 84.5 Å².